The van der Waals surface area contributed by atoms with Crippen LogP contribution in [0.3, 0.4) is 0 Å². The molecule has 4 fully saturated rings. The largest absolute Gasteiger partial charge is 0.366 e. The van der Waals surface area contributed by atoms with Gasteiger partial charge in [-0.3, -0.25) is 0 Å². The molecule has 1 radical (unpaired) electrons. The Hall–Kier alpha value is -0.945. The first-order valence-corrected chi connectivity index (χ1v) is 12.7. The van der Waals surface area contributed by atoms with Crippen LogP contribution in [0, 0.1) is 17.8 Å². The van der Waals surface area contributed by atoms with Gasteiger partial charge in [0.25, 0.3) is 0 Å². The lowest BCUT2D eigenvalue weighted by molar-refractivity contribution is -0.0742. The summed E-state index contributed by atoms with van der Waals surface area (Å²) in [6.45, 7) is 10.9. The molecular weight excluding hydrogens is 358 g/mol. The second-order valence-electron chi connectivity index (χ2n) is 10.9. The third-order valence-electron chi connectivity index (χ3n) is 7.66. The second kappa shape index (κ2) is 7.08. The maximum atomic E-state index is 2.74. The van der Waals surface area contributed by atoms with Gasteiger partial charge in [0.2, 0.25) is 0 Å². The van der Waals surface area contributed by atoms with Crippen molar-refractivity contribution in [3.05, 3.63) is 42.7 Å². The highest BCUT2D eigenvalue weighted by atomic mass is 31.1. The molecule has 1 aliphatic heterocycles. The Labute approximate surface area is 173 Å². The molecule has 4 saturated carbocycles. The molecule has 1 atom stereocenters. The van der Waals surface area contributed by atoms with Gasteiger partial charge >= 0.3 is 0 Å². The average Bonchev–Trinajstić information content (AvgIpc) is 3.10. The van der Waals surface area contributed by atoms with Gasteiger partial charge in [0, 0.05) is 17.9 Å². The number of benzene rings is 1. The standard InChI is InChI=1S/C24H35BN2P/c1-23(2,3)28(22-7-5-4-6-8-22)25-17-26-9-10-27(18-26)24-14-19-11-20(15-24)13-21(12-19)16-24/h4-10,19-21H,11-18H2,1-3H3. The highest BCUT2D eigenvalue weighted by Gasteiger charge is 2.53. The summed E-state index contributed by atoms with van der Waals surface area (Å²) in [5.41, 5.74) is 0.494. The van der Waals surface area contributed by atoms with Crippen molar-refractivity contribution in [1.82, 2.24) is 9.80 Å². The van der Waals surface area contributed by atoms with E-state index in [1.807, 2.05) is 0 Å². The Kier molecular flexibility index (Phi) is 4.82. The fourth-order valence-electron chi connectivity index (χ4n) is 6.85. The minimum absolute atomic E-state index is 0.273. The molecule has 5 aliphatic rings. The fraction of sp³-hybridized carbons (Fsp3) is 0.667. The summed E-state index contributed by atoms with van der Waals surface area (Å²) in [7, 11) is -0.273. The zero-order valence-corrected chi connectivity index (χ0v) is 18.7. The molecule has 0 aromatic heterocycles. The highest BCUT2D eigenvalue weighted by Crippen LogP contribution is 2.58. The van der Waals surface area contributed by atoms with Crippen molar-refractivity contribution in [3.8, 4) is 0 Å². The molecule has 1 unspecified atom stereocenters. The molecular formula is C24H35BN2P. The molecule has 1 heterocycles. The topological polar surface area (TPSA) is 6.48 Å². The van der Waals surface area contributed by atoms with Gasteiger partial charge in [0.1, 0.15) is 0 Å². The van der Waals surface area contributed by atoms with Gasteiger partial charge in [-0.15, -0.1) is 7.80 Å². The van der Waals surface area contributed by atoms with E-state index >= 15 is 0 Å². The van der Waals surface area contributed by atoms with Crippen molar-refractivity contribution in [2.75, 3.05) is 13.1 Å². The second-order valence-corrected chi connectivity index (χ2v) is 13.8. The minimum Gasteiger partial charge on any atom is -0.366 e. The van der Waals surface area contributed by atoms with Gasteiger partial charge in [-0.1, -0.05) is 51.1 Å². The maximum Gasteiger partial charge on any atom is 0.178 e. The van der Waals surface area contributed by atoms with Crippen LogP contribution in [0.1, 0.15) is 59.3 Å². The summed E-state index contributed by atoms with van der Waals surface area (Å²) >= 11 is 0. The molecule has 6 rings (SSSR count). The molecule has 4 bridgehead atoms. The fourth-order valence-corrected chi connectivity index (χ4v) is 9.25. The Bertz CT molecular complexity index is 691. The van der Waals surface area contributed by atoms with Crippen LogP contribution in [-0.2, 0) is 0 Å². The Balaban J connectivity index is 1.23. The lowest BCUT2D eigenvalue weighted by atomic mass is 9.52. The maximum absolute atomic E-state index is 2.74. The Morgan fingerprint density at radius 1 is 0.964 bits per heavy atom. The summed E-state index contributed by atoms with van der Waals surface area (Å²) in [4.78, 5) is 5.29. The molecule has 0 saturated heterocycles. The van der Waals surface area contributed by atoms with E-state index in [9.17, 15) is 0 Å². The zero-order chi connectivity index (χ0) is 19.4. The molecule has 4 heteroatoms. The Morgan fingerprint density at radius 2 is 1.57 bits per heavy atom. The van der Waals surface area contributed by atoms with Crippen molar-refractivity contribution < 1.29 is 0 Å². The van der Waals surface area contributed by atoms with Crippen molar-refractivity contribution >= 4 is 20.1 Å². The van der Waals surface area contributed by atoms with Crippen LogP contribution in [-0.4, -0.2) is 40.6 Å². The van der Waals surface area contributed by atoms with Crippen LogP contribution in [0.4, 0.5) is 0 Å². The number of hydrogen-bond donors (Lipinski definition) is 0. The lowest BCUT2D eigenvalue weighted by Gasteiger charge is -2.60. The minimum atomic E-state index is -0.273. The van der Waals surface area contributed by atoms with Crippen molar-refractivity contribution in [3.63, 3.8) is 0 Å². The van der Waals surface area contributed by atoms with E-state index in [0.29, 0.717) is 10.7 Å². The van der Waals surface area contributed by atoms with Gasteiger partial charge in [-0.05, 0) is 73.2 Å². The van der Waals surface area contributed by atoms with Crippen LogP contribution in [0.15, 0.2) is 42.7 Å². The van der Waals surface area contributed by atoms with Crippen molar-refractivity contribution in [2.45, 2.75) is 70.0 Å². The molecule has 1 aromatic rings. The van der Waals surface area contributed by atoms with Crippen LogP contribution < -0.4 is 5.30 Å². The zero-order valence-electron chi connectivity index (χ0n) is 17.8. The summed E-state index contributed by atoms with van der Waals surface area (Å²) in [5, 5.41) is 1.81. The van der Waals surface area contributed by atoms with Crippen molar-refractivity contribution in [2.24, 2.45) is 17.8 Å². The predicted molar refractivity (Wildman–Crippen MR) is 122 cm³/mol. The molecule has 0 amide bonds. The Morgan fingerprint density at radius 3 is 2.14 bits per heavy atom. The van der Waals surface area contributed by atoms with Gasteiger partial charge in [-0.25, -0.2) is 0 Å². The van der Waals surface area contributed by atoms with Crippen molar-refractivity contribution in [1.29, 1.82) is 0 Å². The van der Waals surface area contributed by atoms with Gasteiger partial charge < -0.3 is 9.80 Å². The predicted octanol–water partition coefficient (Wildman–Crippen LogP) is 5.18. The monoisotopic (exact) mass is 393 g/mol. The molecule has 1 aromatic carbocycles. The van der Waals surface area contributed by atoms with Gasteiger partial charge in [0.05, 0.1) is 6.67 Å². The smallest absolute Gasteiger partial charge is 0.178 e. The number of nitrogens with zero attached hydrogens (tertiary/aromatic N) is 2. The van der Waals surface area contributed by atoms with Crippen LogP contribution in [0.2, 0.25) is 0 Å². The quantitative estimate of drug-likeness (QED) is 0.502. The van der Waals surface area contributed by atoms with E-state index in [1.54, 1.807) is 0 Å². The summed E-state index contributed by atoms with van der Waals surface area (Å²) in [5.74, 6) is 3.06. The molecule has 0 N–H and O–H groups in total. The van der Waals surface area contributed by atoms with E-state index in [0.717, 1.165) is 30.9 Å². The first-order valence-electron chi connectivity index (χ1n) is 11.3. The van der Waals surface area contributed by atoms with Crippen LogP contribution in [0.5, 0.6) is 0 Å². The van der Waals surface area contributed by atoms with E-state index < -0.39 is 0 Å². The first-order chi connectivity index (χ1) is 13.4. The molecule has 4 aliphatic carbocycles. The SMILES string of the molecule is CC(C)(C)P([B]CN1C=CN(C23CC4CC(CC(C4)C2)C3)C1)c1ccccc1. The van der Waals surface area contributed by atoms with E-state index in [1.165, 1.54) is 43.8 Å². The molecule has 28 heavy (non-hydrogen) atoms. The molecule has 149 valence electrons. The molecule has 2 nitrogen and oxygen atoms in total. The summed E-state index contributed by atoms with van der Waals surface area (Å²) in [6, 6.07) is 11.1. The van der Waals surface area contributed by atoms with E-state index in [4.69, 9.17) is 0 Å². The van der Waals surface area contributed by atoms with E-state index in [-0.39, 0.29) is 7.80 Å². The lowest BCUT2D eigenvalue weighted by Crippen LogP contribution is -2.58. The third kappa shape index (κ3) is 3.53. The number of rotatable bonds is 5. The average molecular weight is 393 g/mol. The summed E-state index contributed by atoms with van der Waals surface area (Å²) in [6.07, 6.45) is 14.8. The highest BCUT2D eigenvalue weighted by molar-refractivity contribution is 7.92. The first kappa shape index (κ1) is 19.0. The third-order valence-corrected chi connectivity index (χ3v) is 10.5. The number of hydrogen-bond acceptors (Lipinski definition) is 2. The molecule has 0 spiro atoms. The van der Waals surface area contributed by atoms with Gasteiger partial charge in [0.15, 0.2) is 7.00 Å². The van der Waals surface area contributed by atoms with Crippen LogP contribution in [0.25, 0.3) is 0 Å². The normalized spacial score (nSPS) is 34.9. The van der Waals surface area contributed by atoms with Gasteiger partial charge in [-0.2, -0.15) is 0 Å². The van der Waals surface area contributed by atoms with E-state index in [2.05, 4.69) is 80.3 Å². The summed E-state index contributed by atoms with van der Waals surface area (Å²) < 4.78 is 0. The van der Waals surface area contributed by atoms with Crippen LogP contribution >= 0.6 is 7.80 Å².